The lowest BCUT2D eigenvalue weighted by atomic mass is 10.1. The molecule has 0 rings (SSSR count). The highest BCUT2D eigenvalue weighted by Gasteiger charge is 2.10. The summed E-state index contributed by atoms with van der Waals surface area (Å²) in [6.45, 7) is 8.98. The molecule has 0 aliphatic carbocycles. The summed E-state index contributed by atoms with van der Waals surface area (Å²) >= 11 is 5.73. The summed E-state index contributed by atoms with van der Waals surface area (Å²) in [5.41, 5.74) is 0. The van der Waals surface area contributed by atoms with Crippen LogP contribution in [-0.4, -0.2) is 29.9 Å². The zero-order valence-electron chi connectivity index (χ0n) is 8.65. The van der Waals surface area contributed by atoms with Gasteiger partial charge in [-0.25, -0.2) is 0 Å². The van der Waals surface area contributed by atoms with Crippen LogP contribution in [0.15, 0.2) is 0 Å². The van der Waals surface area contributed by atoms with Crippen LogP contribution in [-0.2, 0) is 0 Å². The van der Waals surface area contributed by atoms with Crippen LogP contribution in [0.25, 0.3) is 0 Å². The molecule has 1 nitrogen and oxygen atoms in total. The highest BCUT2D eigenvalue weighted by atomic mass is 35.5. The third kappa shape index (κ3) is 5.00. The second-order valence-corrected chi connectivity index (χ2v) is 3.74. The van der Waals surface area contributed by atoms with Crippen LogP contribution in [0.1, 0.15) is 40.0 Å². The van der Waals surface area contributed by atoms with Crippen LogP contribution >= 0.6 is 11.6 Å². The van der Waals surface area contributed by atoms with Gasteiger partial charge in [-0.05, 0) is 26.3 Å². The average Bonchev–Trinajstić information content (AvgIpc) is 2.04. The third-order valence-corrected chi connectivity index (χ3v) is 2.38. The van der Waals surface area contributed by atoms with Crippen molar-refractivity contribution in [2.24, 2.45) is 0 Å². The van der Waals surface area contributed by atoms with Crippen molar-refractivity contribution in [3.63, 3.8) is 0 Å². The van der Waals surface area contributed by atoms with Crippen molar-refractivity contribution in [3.05, 3.63) is 0 Å². The summed E-state index contributed by atoms with van der Waals surface area (Å²) in [5, 5.41) is 0. The van der Waals surface area contributed by atoms with Crippen molar-refractivity contribution in [3.8, 4) is 0 Å². The van der Waals surface area contributed by atoms with E-state index < -0.39 is 0 Å². The number of hydrogen-bond donors (Lipinski definition) is 0. The molecule has 0 amide bonds. The molecule has 0 aromatic heterocycles. The zero-order valence-corrected chi connectivity index (χ0v) is 9.40. The normalized spacial score (nSPS) is 13.8. The fourth-order valence-electron chi connectivity index (χ4n) is 1.55. The Morgan fingerprint density at radius 3 is 2.25 bits per heavy atom. The van der Waals surface area contributed by atoms with Gasteiger partial charge in [0.05, 0.1) is 0 Å². The van der Waals surface area contributed by atoms with Gasteiger partial charge in [-0.2, -0.15) is 0 Å². The Bertz CT molecular complexity index is 89.8. The highest BCUT2D eigenvalue weighted by molar-refractivity contribution is 6.18. The van der Waals surface area contributed by atoms with E-state index in [1.54, 1.807) is 0 Å². The van der Waals surface area contributed by atoms with Crippen molar-refractivity contribution in [1.82, 2.24) is 4.90 Å². The average molecular weight is 192 g/mol. The minimum atomic E-state index is 0.702. The summed E-state index contributed by atoms with van der Waals surface area (Å²) in [5.74, 6) is 0.758. The van der Waals surface area contributed by atoms with E-state index in [-0.39, 0.29) is 0 Å². The molecule has 0 aromatic carbocycles. The SMILES string of the molecule is CCCC(C)N(CCC)CCCl. The van der Waals surface area contributed by atoms with Gasteiger partial charge in [-0.3, -0.25) is 4.90 Å². The maximum atomic E-state index is 5.73. The molecule has 0 saturated heterocycles. The van der Waals surface area contributed by atoms with Crippen molar-refractivity contribution < 1.29 is 0 Å². The molecule has 0 heterocycles. The number of halogens is 1. The van der Waals surface area contributed by atoms with Crippen LogP contribution in [0.4, 0.5) is 0 Å². The monoisotopic (exact) mass is 191 g/mol. The van der Waals surface area contributed by atoms with E-state index in [9.17, 15) is 0 Å². The zero-order chi connectivity index (χ0) is 9.40. The lowest BCUT2D eigenvalue weighted by Crippen LogP contribution is -2.35. The van der Waals surface area contributed by atoms with Crippen molar-refractivity contribution in [2.75, 3.05) is 19.0 Å². The van der Waals surface area contributed by atoms with Gasteiger partial charge in [0.25, 0.3) is 0 Å². The second-order valence-electron chi connectivity index (χ2n) is 3.36. The molecule has 0 fully saturated rings. The fourth-order valence-corrected chi connectivity index (χ4v) is 1.77. The molecule has 1 unspecified atom stereocenters. The Kier molecular flexibility index (Phi) is 8.04. The third-order valence-electron chi connectivity index (χ3n) is 2.21. The molecule has 12 heavy (non-hydrogen) atoms. The van der Waals surface area contributed by atoms with E-state index >= 15 is 0 Å². The number of rotatable bonds is 7. The van der Waals surface area contributed by atoms with Gasteiger partial charge in [-0.1, -0.05) is 20.3 Å². The standard InChI is InChI=1S/C10H22ClN/c1-4-6-10(3)12(8-5-2)9-7-11/h10H,4-9H2,1-3H3. The Hall–Kier alpha value is 0.250. The number of hydrogen-bond acceptors (Lipinski definition) is 1. The molecule has 0 radical (unpaired) electrons. The molecule has 0 N–H and O–H groups in total. The van der Waals surface area contributed by atoms with Crippen LogP contribution in [0.2, 0.25) is 0 Å². The fraction of sp³-hybridized carbons (Fsp3) is 1.00. The number of nitrogens with zero attached hydrogens (tertiary/aromatic N) is 1. The Morgan fingerprint density at radius 2 is 1.83 bits per heavy atom. The van der Waals surface area contributed by atoms with Gasteiger partial charge in [-0.15, -0.1) is 11.6 Å². The van der Waals surface area contributed by atoms with Crippen molar-refractivity contribution in [2.45, 2.75) is 46.1 Å². The maximum Gasteiger partial charge on any atom is 0.0351 e. The second kappa shape index (κ2) is 7.88. The van der Waals surface area contributed by atoms with Gasteiger partial charge in [0, 0.05) is 18.5 Å². The molecule has 0 aliphatic heterocycles. The molecule has 2 heteroatoms. The predicted octanol–water partition coefficient (Wildman–Crippen LogP) is 3.13. The lowest BCUT2D eigenvalue weighted by Gasteiger charge is -2.27. The molecule has 0 aliphatic rings. The van der Waals surface area contributed by atoms with Crippen molar-refractivity contribution >= 4 is 11.6 Å². The first-order chi connectivity index (χ1) is 5.76. The molecule has 74 valence electrons. The van der Waals surface area contributed by atoms with E-state index in [1.165, 1.54) is 25.8 Å². The first-order valence-electron chi connectivity index (χ1n) is 5.06. The van der Waals surface area contributed by atoms with Crippen LogP contribution < -0.4 is 0 Å². The van der Waals surface area contributed by atoms with Gasteiger partial charge in [0.1, 0.15) is 0 Å². The molecular formula is C10H22ClN. The van der Waals surface area contributed by atoms with Gasteiger partial charge < -0.3 is 0 Å². The van der Waals surface area contributed by atoms with E-state index in [4.69, 9.17) is 11.6 Å². The maximum absolute atomic E-state index is 5.73. The van der Waals surface area contributed by atoms with E-state index in [1.807, 2.05) is 0 Å². The molecule has 0 bridgehead atoms. The molecule has 0 saturated carbocycles. The van der Waals surface area contributed by atoms with E-state index in [2.05, 4.69) is 25.7 Å². The quantitative estimate of drug-likeness (QED) is 0.559. The Labute approximate surface area is 82.1 Å². The first kappa shape index (κ1) is 12.2. The summed E-state index contributed by atoms with van der Waals surface area (Å²) in [4.78, 5) is 2.48. The summed E-state index contributed by atoms with van der Waals surface area (Å²) in [6, 6.07) is 0.702. The summed E-state index contributed by atoms with van der Waals surface area (Å²) in [6.07, 6.45) is 3.78. The molecular weight excluding hydrogens is 170 g/mol. The van der Waals surface area contributed by atoms with Gasteiger partial charge in [0.2, 0.25) is 0 Å². The smallest absolute Gasteiger partial charge is 0.0351 e. The molecule has 1 atom stereocenters. The minimum Gasteiger partial charge on any atom is -0.299 e. The summed E-state index contributed by atoms with van der Waals surface area (Å²) in [7, 11) is 0. The Balaban J connectivity index is 3.72. The van der Waals surface area contributed by atoms with Crippen LogP contribution in [0.3, 0.4) is 0 Å². The minimum absolute atomic E-state index is 0.702. The van der Waals surface area contributed by atoms with E-state index in [0.717, 1.165) is 12.4 Å². The van der Waals surface area contributed by atoms with Crippen LogP contribution in [0.5, 0.6) is 0 Å². The molecule has 0 spiro atoms. The first-order valence-corrected chi connectivity index (χ1v) is 5.59. The number of alkyl halides is 1. The van der Waals surface area contributed by atoms with Gasteiger partial charge in [0.15, 0.2) is 0 Å². The van der Waals surface area contributed by atoms with Crippen molar-refractivity contribution in [1.29, 1.82) is 0 Å². The van der Waals surface area contributed by atoms with E-state index in [0.29, 0.717) is 6.04 Å². The highest BCUT2D eigenvalue weighted by Crippen LogP contribution is 2.06. The van der Waals surface area contributed by atoms with Crippen LogP contribution in [0, 0.1) is 0 Å². The Morgan fingerprint density at radius 1 is 1.17 bits per heavy atom. The summed E-state index contributed by atoms with van der Waals surface area (Å²) < 4.78 is 0. The van der Waals surface area contributed by atoms with Gasteiger partial charge >= 0.3 is 0 Å². The topological polar surface area (TPSA) is 3.24 Å². The lowest BCUT2D eigenvalue weighted by molar-refractivity contribution is 0.210. The largest absolute Gasteiger partial charge is 0.299 e. The predicted molar refractivity (Wildman–Crippen MR) is 57.0 cm³/mol. The molecule has 0 aromatic rings.